The fourth-order valence-electron chi connectivity index (χ4n) is 2.49. The maximum absolute atomic E-state index is 12.3. The lowest BCUT2D eigenvalue weighted by Gasteiger charge is -2.35. The molecule has 2 aromatic rings. The number of likely N-dealkylation sites (tertiary alicyclic amines) is 1. The number of carbonyl (C=O) groups is 1. The Morgan fingerprint density at radius 3 is 2.90 bits per heavy atom. The van der Waals surface area contributed by atoms with Gasteiger partial charge in [-0.3, -0.25) is 14.2 Å². The molecule has 1 saturated heterocycles. The number of amides is 1. The molecule has 7 heteroatoms. The van der Waals surface area contributed by atoms with Crippen LogP contribution in [0.3, 0.4) is 0 Å². The number of thiophene rings is 1. The van der Waals surface area contributed by atoms with Crippen LogP contribution in [0.15, 0.2) is 22.6 Å². The van der Waals surface area contributed by atoms with E-state index >= 15 is 0 Å². The lowest BCUT2D eigenvalue weighted by Crippen LogP contribution is -2.46. The van der Waals surface area contributed by atoms with Crippen LogP contribution in [0.2, 0.25) is 0 Å². The molecule has 0 radical (unpaired) electrons. The molecule has 112 valence electrons. The highest BCUT2D eigenvalue weighted by atomic mass is 32.1. The first-order valence-electron chi connectivity index (χ1n) is 6.89. The average molecular weight is 307 g/mol. The second-order valence-corrected chi connectivity index (χ2v) is 6.59. The third-order valence-electron chi connectivity index (χ3n) is 3.95. The molecule has 1 N–H and O–H groups in total. The number of fused-ring (bicyclic) bond motifs is 1. The molecule has 0 unspecified atom stereocenters. The van der Waals surface area contributed by atoms with Gasteiger partial charge in [0.05, 0.1) is 17.3 Å². The predicted molar refractivity (Wildman–Crippen MR) is 80.3 cm³/mol. The van der Waals surface area contributed by atoms with Crippen molar-refractivity contribution in [3.63, 3.8) is 0 Å². The molecular weight excluding hydrogens is 290 g/mol. The maximum atomic E-state index is 12.3. The van der Waals surface area contributed by atoms with Crippen LogP contribution in [0.4, 0.5) is 0 Å². The summed E-state index contributed by atoms with van der Waals surface area (Å²) in [5.41, 5.74) is -0.872. The molecule has 2 aromatic heterocycles. The molecule has 0 atom stereocenters. The molecule has 21 heavy (non-hydrogen) atoms. The van der Waals surface area contributed by atoms with E-state index in [-0.39, 0.29) is 18.0 Å². The molecule has 3 rings (SSSR count). The minimum atomic E-state index is -0.690. The Labute approximate surface area is 125 Å². The Balaban J connectivity index is 1.75. The monoisotopic (exact) mass is 307 g/mol. The Morgan fingerprint density at radius 1 is 1.48 bits per heavy atom. The SMILES string of the molecule is CC1(O)CCN(C(=O)Cn2cnc3sccc3c2=O)CC1. The van der Waals surface area contributed by atoms with Gasteiger partial charge in [0.15, 0.2) is 0 Å². The van der Waals surface area contributed by atoms with Crippen molar-refractivity contribution in [1.82, 2.24) is 14.5 Å². The van der Waals surface area contributed by atoms with Gasteiger partial charge in [-0.25, -0.2) is 4.98 Å². The summed E-state index contributed by atoms with van der Waals surface area (Å²) in [5, 5.41) is 12.3. The van der Waals surface area contributed by atoms with Crippen molar-refractivity contribution in [3.8, 4) is 0 Å². The fraction of sp³-hybridized carbons (Fsp3) is 0.500. The zero-order valence-corrected chi connectivity index (χ0v) is 12.6. The quantitative estimate of drug-likeness (QED) is 0.892. The van der Waals surface area contributed by atoms with E-state index in [2.05, 4.69) is 4.98 Å². The minimum Gasteiger partial charge on any atom is -0.390 e. The van der Waals surface area contributed by atoms with Gasteiger partial charge in [0.25, 0.3) is 5.56 Å². The van der Waals surface area contributed by atoms with Crippen LogP contribution in [0.5, 0.6) is 0 Å². The number of aromatic nitrogens is 2. The molecule has 1 aliphatic rings. The van der Waals surface area contributed by atoms with Crippen molar-refractivity contribution >= 4 is 27.5 Å². The number of carbonyl (C=O) groups excluding carboxylic acids is 1. The molecule has 1 aliphatic heterocycles. The van der Waals surface area contributed by atoms with Gasteiger partial charge in [-0.15, -0.1) is 11.3 Å². The van der Waals surface area contributed by atoms with Gasteiger partial charge in [-0.2, -0.15) is 0 Å². The Hall–Kier alpha value is -1.73. The molecule has 6 nitrogen and oxygen atoms in total. The van der Waals surface area contributed by atoms with Crippen LogP contribution in [0.25, 0.3) is 10.2 Å². The van der Waals surface area contributed by atoms with Gasteiger partial charge in [-0.05, 0) is 31.2 Å². The van der Waals surface area contributed by atoms with E-state index in [1.807, 2.05) is 5.38 Å². The Bertz CT molecular complexity index is 724. The van der Waals surface area contributed by atoms with E-state index < -0.39 is 5.60 Å². The summed E-state index contributed by atoms with van der Waals surface area (Å²) in [7, 11) is 0. The summed E-state index contributed by atoms with van der Waals surface area (Å²) in [6, 6.07) is 1.73. The molecule has 3 heterocycles. The Morgan fingerprint density at radius 2 is 2.19 bits per heavy atom. The van der Waals surface area contributed by atoms with E-state index in [4.69, 9.17) is 0 Å². The van der Waals surface area contributed by atoms with E-state index in [0.29, 0.717) is 36.1 Å². The van der Waals surface area contributed by atoms with Crippen molar-refractivity contribution in [2.75, 3.05) is 13.1 Å². The van der Waals surface area contributed by atoms with Crippen molar-refractivity contribution < 1.29 is 9.90 Å². The second-order valence-electron chi connectivity index (χ2n) is 5.69. The normalized spacial score (nSPS) is 18.1. The number of aliphatic hydroxyl groups is 1. The minimum absolute atomic E-state index is 0.000235. The molecule has 0 saturated carbocycles. The number of hydrogen-bond acceptors (Lipinski definition) is 5. The topological polar surface area (TPSA) is 75.4 Å². The van der Waals surface area contributed by atoms with Crippen LogP contribution in [0, 0.1) is 0 Å². The number of rotatable bonds is 2. The largest absolute Gasteiger partial charge is 0.390 e. The highest BCUT2D eigenvalue weighted by molar-refractivity contribution is 7.16. The molecule has 1 amide bonds. The number of hydrogen-bond donors (Lipinski definition) is 1. The molecule has 1 fully saturated rings. The van der Waals surface area contributed by atoms with E-state index in [1.54, 1.807) is 17.9 Å². The van der Waals surface area contributed by atoms with Crippen molar-refractivity contribution in [3.05, 3.63) is 28.1 Å². The summed E-state index contributed by atoms with van der Waals surface area (Å²) in [6.07, 6.45) is 2.56. The fourth-order valence-corrected chi connectivity index (χ4v) is 3.21. The van der Waals surface area contributed by atoms with Gasteiger partial charge in [-0.1, -0.05) is 0 Å². The van der Waals surface area contributed by atoms with Gasteiger partial charge < -0.3 is 10.0 Å². The maximum Gasteiger partial charge on any atom is 0.262 e. The van der Waals surface area contributed by atoms with Crippen molar-refractivity contribution in [2.24, 2.45) is 0 Å². The van der Waals surface area contributed by atoms with E-state index in [1.165, 1.54) is 22.2 Å². The summed E-state index contributed by atoms with van der Waals surface area (Å²) in [4.78, 5) is 31.1. The van der Waals surface area contributed by atoms with E-state index in [9.17, 15) is 14.7 Å². The highest BCUT2D eigenvalue weighted by Crippen LogP contribution is 2.21. The molecule has 0 aromatic carbocycles. The second kappa shape index (κ2) is 5.23. The number of piperidine rings is 1. The van der Waals surface area contributed by atoms with Crippen LogP contribution in [0.1, 0.15) is 19.8 Å². The molecule has 0 spiro atoms. The van der Waals surface area contributed by atoms with Crippen molar-refractivity contribution in [2.45, 2.75) is 31.9 Å². The van der Waals surface area contributed by atoms with Gasteiger partial charge >= 0.3 is 0 Å². The summed E-state index contributed by atoms with van der Waals surface area (Å²) in [6.45, 7) is 2.83. The van der Waals surface area contributed by atoms with Gasteiger partial charge in [0, 0.05) is 13.1 Å². The zero-order valence-electron chi connectivity index (χ0n) is 11.8. The average Bonchev–Trinajstić information content (AvgIpc) is 2.91. The van der Waals surface area contributed by atoms with Gasteiger partial charge in [0.1, 0.15) is 11.4 Å². The lowest BCUT2D eigenvalue weighted by atomic mass is 9.94. The van der Waals surface area contributed by atoms with Crippen LogP contribution in [-0.4, -0.2) is 44.2 Å². The Kier molecular flexibility index (Phi) is 3.54. The van der Waals surface area contributed by atoms with Gasteiger partial charge in [0.2, 0.25) is 5.91 Å². The molecular formula is C14H17N3O3S. The summed E-state index contributed by atoms with van der Waals surface area (Å²) < 4.78 is 1.35. The summed E-state index contributed by atoms with van der Waals surface area (Å²) >= 11 is 1.41. The first kappa shape index (κ1) is 14.2. The first-order valence-corrected chi connectivity index (χ1v) is 7.77. The molecule has 0 bridgehead atoms. The first-order chi connectivity index (χ1) is 9.96. The summed E-state index contributed by atoms with van der Waals surface area (Å²) in [5.74, 6) is -0.107. The zero-order chi connectivity index (χ0) is 15.0. The van der Waals surface area contributed by atoms with Crippen LogP contribution >= 0.6 is 11.3 Å². The van der Waals surface area contributed by atoms with Crippen LogP contribution in [-0.2, 0) is 11.3 Å². The number of nitrogens with zero attached hydrogens (tertiary/aromatic N) is 3. The third-order valence-corrected chi connectivity index (χ3v) is 4.77. The predicted octanol–water partition coefficient (Wildman–Crippen LogP) is 0.831. The standard InChI is InChI=1S/C14H17N3O3S/c1-14(20)3-5-16(6-4-14)11(18)8-17-9-15-12-10(13(17)19)2-7-21-12/h2,7,9,20H,3-6,8H2,1H3. The smallest absolute Gasteiger partial charge is 0.262 e. The lowest BCUT2D eigenvalue weighted by molar-refractivity contribution is -0.135. The van der Waals surface area contributed by atoms with Crippen LogP contribution < -0.4 is 5.56 Å². The third kappa shape index (κ3) is 2.84. The molecule has 0 aliphatic carbocycles. The van der Waals surface area contributed by atoms with Crippen molar-refractivity contribution in [1.29, 1.82) is 0 Å². The highest BCUT2D eigenvalue weighted by Gasteiger charge is 2.29. The van der Waals surface area contributed by atoms with E-state index in [0.717, 1.165) is 0 Å².